The summed E-state index contributed by atoms with van der Waals surface area (Å²) in [6.07, 6.45) is 2.75. The molecule has 0 aliphatic carbocycles. The molecule has 0 aromatic carbocycles. The van der Waals surface area contributed by atoms with E-state index in [1.54, 1.807) is 0 Å². The minimum atomic E-state index is 0.668. The summed E-state index contributed by atoms with van der Waals surface area (Å²) >= 11 is 2.07. The lowest BCUT2D eigenvalue weighted by atomic mass is 9.85. The van der Waals surface area contributed by atoms with Gasteiger partial charge in [-0.2, -0.15) is 11.8 Å². The molecule has 2 heteroatoms. The monoisotopic (exact) mass is 231 g/mol. The van der Waals surface area contributed by atoms with E-state index in [4.69, 9.17) is 0 Å². The molecule has 2 atom stereocenters. The lowest BCUT2D eigenvalue weighted by molar-refractivity contribution is 0.275. The second-order valence-electron chi connectivity index (χ2n) is 4.59. The zero-order valence-corrected chi connectivity index (χ0v) is 12.0. The highest BCUT2D eigenvalue weighted by Gasteiger charge is 2.19. The van der Waals surface area contributed by atoms with Gasteiger partial charge in [-0.1, -0.05) is 27.7 Å². The van der Waals surface area contributed by atoms with E-state index in [2.05, 4.69) is 51.7 Å². The Bertz CT molecular complexity index is 136. The van der Waals surface area contributed by atoms with Crippen LogP contribution < -0.4 is 5.32 Å². The summed E-state index contributed by atoms with van der Waals surface area (Å²) < 4.78 is 0. The Morgan fingerprint density at radius 2 is 1.80 bits per heavy atom. The Morgan fingerprint density at radius 3 is 2.27 bits per heavy atom. The summed E-state index contributed by atoms with van der Waals surface area (Å²) in [5, 5.41) is 3.56. The largest absolute Gasteiger partial charge is 0.314 e. The number of thioether (sulfide) groups is 1. The minimum absolute atomic E-state index is 0.668. The predicted octanol–water partition coefficient (Wildman–Crippen LogP) is 3.79. The minimum Gasteiger partial charge on any atom is -0.314 e. The highest BCUT2D eigenvalue weighted by Crippen LogP contribution is 2.22. The predicted molar refractivity (Wildman–Crippen MR) is 73.7 cm³/mol. The van der Waals surface area contributed by atoms with Crippen LogP contribution in [0.25, 0.3) is 0 Å². The van der Waals surface area contributed by atoms with Crippen LogP contribution in [0.2, 0.25) is 0 Å². The molecule has 0 amide bonds. The number of rotatable bonds is 9. The average molecular weight is 231 g/mol. The molecule has 0 saturated heterocycles. The van der Waals surface area contributed by atoms with Crippen LogP contribution in [0.3, 0.4) is 0 Å². The van der Waals surface area contributed by atoms with Gasteiger partial charge in [0.25, 0.3) is 0 Å². The lowest BCUT2D eigenvalue weighted by Gasteiger charge is -2.28. The van der Waals surface area contributed by atoms with Crippen molar-refractivity contribution in [2.45, 2.75) is 53.5 Å². The molecule has 0 aromatic heterocycles. The van der Waals surface area contributed by atoms with Gasteiger partial charge >= 0.3 is 0 Å². The molecule has 0 bridgehead atoms. The number of hydrogen-bond acceptors (Lipinski definition) is 2. The first-order chi connectivity index (χ1) is 7.13. The van der Waals surface area contributed by atoms with Crippen LogP contribution in [0.15, 0.2) is 0 Å². The quantitative estimate of drug-likeness (QED) is 0.606. The van der Waals surface area contributed by atoms with E-state index < -0.39 is 0 Å². The molecule has 1 nitrogen and oxygen atoms in total. The molecular formula is C13H29NS. The fraction of sp³-hybridized carbons (Fsp3) is 1.00. The Kier molecular flexibility index (Phi) is 9.73. The summed E-state index contributed by atoms with van der Waals surface area (Å²) in [6, 6.07) is 0.668. The van der Waals surface area contributed by atoms with Gasteiger partial charge in [-0.3, -0.25) is 0 Å². The fourth-order valence-corrected chi connectivity index (χ4v) is 2.86. The summed E-state index contributed by atoms with van der Waals surface area (Å²) in [7, 11) is 0. The lowest BCUT2D eigenvalue weighted by Crippen LogP contribution is -2.36. The third-order valence-electron chi connectivity index (χ3n) is 3.05. The Morgan fingerprint density at radius 1 is 1.13 bits per heavy atom. The van der Waals surface area contributed by atoms with Crippen molar-refractivity contribution in [1.82, 2.24) is 5.32 Å². The van der Waals surface area contributed by atoms with Crippen molar-refractivity contribution in [3.63, 3.8) is 0 Å². The third kappa shape index (κ3) is 7.24. The summed E-state index contributed by atoms with van der Waals surface area (Å²) in [4.78, 5) is 0. The molecule has 0 fully saturated rings. The Labute approximate surface area is 101 Å². The van der Waals surface area contributed by atoms with Crippen molar-refractivity contribution in [2.75, 3.05) is 18.1 Å². The normalized spacial score (nSPS) is 15.6. The first-order valence-corrected chi connectivity index (χ1v) is 7.60. The van der Waals surface area contributed by atoms with Crippen LogP contribution >= 0.6 is 11.8 Å². The molecule has 15 heavy (non-hydrogen) atoms. The summed E-state index contributed by atoms with van der Waals surface area (Å²) in [5.74, 6) is 4.22. The van der Waals surface area contributed by atoms with Crippen molar-refractivity contribution in [1.29, 1.82) is 0 Å². The zero-order valence-electron chi connectivity index (χ0n) is 11.2. The van der Waals surface area contributed by atoms with Crippen LogP contribution in [0.1, 0.15) is 47.5 Å². The van der Waals surface area contributed by atoms with Gasteiger partial charge in [0, 0.05) is 6.04 Å². The molecule has 0 heterocycles. The molecule has 0 radical (unpaired) electrons. The maximum absolute atomic E-state index is 3.56. The van der Waals surface area contributed by atoms with E-state index in [9.17, 15) is 0 Å². The Hall–Kier alpha value is 0.310. The van der Waals surface area contributed by atoms with E-state index in [-0.39, 0.29) is 0 Å². The SMILES string of the molecule is CCNC(C)C(CCCSCC)C(C)C. The number of nitrogens with one attached hydrogen (secondary N) is 1. The van der Waals surface area contributed by atoms with Gasteiger partial charge in [-0.05, 0) is 49.7 Å². The van der Waals surface area contributed by atoms with Gasteiger partial charge in [0.2, 0.25) is 0 Å². The Balaban J connectivity index is 3.82. The molecule has 0 rings (SSSR count). The summed E-state index contributed by atoms with van der Waals surface area (Å²) in [5.41, 5.74) is 0. The average Bonchev–Trinajstić information content (AvgIpc) is 2.17. The molecule has 0 saturated carbocycles. The highest BCUT2D eigenvalue weighted by molar-refractivity contribution is 7.99. The topological polar surface area (TPSA) is 12.0 Å². The molecule has 92 valence electrons. The van der Waals surface area contributed by atoms with Gasteiger partial charge in [0.05, 0.1) is 0 Å². The smallest absolute Gasteiger partial charge is 0.00693 e. The van der Waals surface area contributed by atoms with E-state index >= 15 is 0 Å². The van der Waals surface area contributed by atoms with Crippen LogP contribution in [0.5, 0.6) is 0 Å². The van der Waals surface area contributed by atoms with E-state index in [1.807, 2.05) is 0 Å². The van der Waals surface area contributed by atoms with Crippen molar-refractivity contribution in [3.8, 4) is 0 Å². The molecule has 0 aliphatic rings. The standard InChI is InChI=1S/C13H29NS/c1-6-14-12(5)13(11(3)4)9-8-10-15-7-2/h11-14H,6-10H2,1-5H3. The molecule has 0 aromatic rings. The molecule has 2 unspecified atom stereocenters. The maximum Gasteiger partial charge on any atom is 0.00693 e. The van der Waals surface area contributed by atoms with Gasteiger partial charge in [0.15, 0.2) is 0 Å². The fourth-order valence-electron chi connectivity index (χ4n) is 2.20. The number of hydrogen-bond donors (Lipinski definition) is 1. The van der Waals surface area contributed by atoms with E-state index in [1.165, 1.54) is 24.3 Å². The van der Waals surface area contributed by atoms with Crippen LogP contribution in [0, 0.1) is 11.8 Å². The van der Waals surface area contributed by atoms with Crippen molar-refractivity contribution < 1.29 is 0 Å². The van der Waals surface area contributed by atoms with Crippen LogP contribution in [0.4, 0.5) is 0 Å². The van der Waals surface area contributed by atoms with Crippen LogP contribution in [-0.4, -0.2) is 24.1 Å². The van der Waals surface area contributed by atoms with E-state index in [0.717, 1.165) is 18.4 Å². The van der Waals surface area contributed by atoms with Gasteiger partial charge < -0.3 is 5.32 Å². The van der Waals surface area contributed by atoms with Crippen molar-refractivity contribution in [2.24, 2.45) is 11.8 Å². The summed E-state index contributed by atoms with van der Waals surface area (Å²) in [6.45, 7) is 12.6. The second kappa shape index (κ2) is 9.53. The molecule has 0 spiro atoms. The van der Waals surface area contributed by atoms with Crippen molar-refractivity contribution in [3.05, 3.63) is 0 Å². The first-order valence-electron chi connectivity index (χ1n) is 6.44. The van der Waals surface area contributed by atoms with Gasteiger partial charge in [-0.25, -0.2) is 0 Å². The van der Waals surface area contributed by atoms with Crippen molar-refractivity contribution >= 4 is 11.8 Å². The maximum atomic E-state index is 3.56. The van der Waals surface area contributed by atoms with E-state index in [0.29, 0.717) is 6.04 Å². The second-order valence-corrected chi connectivity index (χ2v) is 5.99. The first kappa shape index (κ1) is 15.3. The highest BCUT2D eigenvalue weighted by atomic mass is 32.2. The third-order valence-corrected chi connectivity index (χ3v) is 4.04. The van der Waals surface area contributed by atoms with Crippen LogP contribution in [-0.2, 0) is 0 Å². The van der Waals surface area contributed by atoms with Gasteiger partial charge in [-0.15, -0.1) is 0 Å². The molecule has 1 N–H and O–H groups in total. The molecular weight excluding hydrogens is 202 g/mol. The molecule has 0 aliphatic heterocycles. The zero-order chi connectivity index (χ0) is 11.7. The van der Waals surface area contributed by atoms with Gasteiger partial charge in [0.1, 0.15) is 0 Å².